The molecule has 6 nitrogen and oxygen atoms in total. The van der Waals surface area contributed by atoms with Gasteiger partial charge in [-0.2, -0.15) is 13.2 Å². The van der Waals surface area contributed by atoms with Crippen molar-refractivity contribution in [3.8, 4) is 5.75 Å². The maximum Gasteiger partial charge on any atom is 0.420 e. The van der Waals surface area contributed by atoms with Crippen molar-refractivity contribution in [1.82, 2.24) is 10.6 Å². The number of fused-ring (bicyclic) bond motifs is 1. The number of ether oxygens (including phenoxy) is 1. The van der Waals surface area contributed by atoms with E-state index in [2.05, 4.69) is 5.32 Å². The smallest absolute Gasteiger partial charge is 0.420 e. The van der Waals surface area contributed by atoms with Crippen molar-refractivity contribution >= 4 is 39.8 Å². The minimum Gasteiger partial charge on any atom is -0.496 e. The van der Waals surface area contributed by atoms with E-state index >= 15 is 0 Å². The number of likely N-dealkylation sites (N-methyl/N-ethyl adjacent to an activating group) is 1. The van der Waals surface area contributed by atoms with Crippen LogP contribution in [0.15, 0.2) is 30.3 Å². The van der Waals surface area contributed by atoms with Crippen LogP contribution in [-0.2, 0) is 11.0 Å². The molecular formula is C17H16F3N3O3S. The number of urea groups is 1. The lowest BCUT2D eigenvalue weighted by Crippen LogP contribution is -2.50. The van der Waals surface area contributed by atoms with Gasteiger partial charge < -0.3 is 15.8 Å². The monoisotopic (exact) mass is 399 g/mol. The zero-order valence-electron chi connectivity index (χ0n) is 14.3. The molecular weight excluding hydrogens is 383 g/mol. The molecule has 3 amide bonds. The fraction of sp³-hybridized carbons (Fsp3) is 0.235. The molecule has 2 aromatic carbocycles. The van der Waals surface area contributed by atoms with Crippen molar-refractivity contribution in [2.75, 3.05) is 14.2 Å². The highest BCUT2D eigenvalue weighted by atomic mass is 32.1. The van der Waals surface area contributed by atoms with Gasteiger partial charge in [-0.3, -0.25) is 10.1 Å². The van der Waals surface area contributed by atoms with Gasteiger partial charge in [-0.15, -0.1) is 0 Å². The second-order valence-electron chi connectivity index (χ2n) is 5.48. The summed E-state index contributed by atoms with van der Waals surface area (Å²) in [6, 6.07) is 4.61. The zero-order chi connectivity index (χ0) is 20.4. The van der Waals surface area contributed by atoms with E-state index in [4.69, 9.17) is 22.7 Å². The van der Waals surface area contributed by atoms with Crippen molar-refractivity contribution in [3.63, 3.8) is 0 Å². The van der Waals surface area contributed by atoms with Gasteiger partial charge >= 0.3 is 12.2 Å². The Bertz CT molecular complexity index is 915. The number of halogens is 3. The summed E-state index contributed by atoms with van der Waals surface area (Å²) in [6.45, 7) is 0. The Morgan fingerprint density at radius 2 is 1.85 bits per heavy atom. The molecule has 0 saturated carbocycles. The fourth-order valence-corrected chi connectivity index (χ4v) is 3.15. The summed E-state index contributed by atoms with van der Waals surface area (Å²) in [4.78, 5) is 23.0. The molecule has 2 rings (SSSR count). The standard InChI is InChI=1S/C17H16F3N3O3S/c1-22-13(15(24)23-16(21)25)14(27)10-5-3-4-9-8(10)6-7-11(26-2)12(9)17(18,19)20/h3-7,13,22H,1-2H3,(H3,21,23,24,25). The minimum absolute atomic E-state index is 0.0140. The van der Waals surface area contributed by atoms with Gasteiger partial charge in [0.2, 0.25) is 0 Å². The van der Waals surface area contributed by atoms with Crippen LogP contribution >= 0.6 is 12.2 Å². The largest absolute Gasteiger partial charge is 0.496 e. The second-order valence-corrected chi connectivity index (χ2v) is 5.92. The SMILES string of the molecule is CNC(C(=O)NC(N)=O)C(=S)c1cccc2c(C(F)(F)F)c(OC)ccc12. The lowest BCUT2D eigenvalue weighted by molar-refractivity contribution is -0.137. The third-order valence-electron chi connectivity index (χ3n) is 3.85. The van der Waals surface area contributed by atoms with Crippen molar-refractivity contribution in [2.45, 2.75) is 12.2 Å². The first-order chi connectivity index (χ1) is 12.6. The molecule has 0 spiro atoms. The summed E-state index contributed by atoms with van der Waals surface area (Å²) in [5, 5.41) is 4.60. The molecule has 0 aliphatic rings. The number of imide groups is 1. The topological polar surface area (TPSA) is 93.5 Å². The van der Waals surface area contributed by atoms with Crippen LogP contribution in [0.2, 0.25) is 0 Å². The van der Waals surface area contributed by atoms with Gasteiger partial charge in [0.1, 0.15) is 17.4 Å². The first-order valence-corrected chi connectivity index (χ1v) is 8.01. The number of carbonyl (C=O) groups excluding carboxylic acids is 2. The van der Waals surface area contributed by atoms with Gasteiger partial charge in [0.15, 0.2) is 0 Å². The highest BCUT2D eigenvalue weighted by molar-refractivity contribution is 7.81. The Labute approximate surface area is 157 Å². The number of hydrogen-bond donors (Lipinski definition) is 3. The number of primary amides is 1. The molecule has 0 bridgehead atoms. The van der Waals surface area contributed by atoms with Crippen LogP contribution in [0.4, 0.5) is 18.0 Å². The van der Waals surface area contributed by atoms with Crippen LogP contribution in [0.5, 0.6) is 5.75 Å². The van der Waals surface area contributed by atoms with Gasteiger partial charge in [-0.05, 0) is 29.4 Å². The molecule has 1 atom stereocenters. The quantitative estimate of drug-likeness (QED) is 0.530. The summed E-state index contributed by atoms with van der Waals surface area (Å²) < 4.78 is 45.5. The zero-order valence-corrected chi connectivity index (χ0v) is 15.1. The number of carbonyl (C=O) groups is 2. The number of nitrogens with one attached hydrogen (secondary N) is 2. The van der Waals surface area contributed by atoms with Gasteiger partial charge in [0, 0.05) is 4.86 Å². The molecule has 1 unspecified atom stereocenters. The molecule has 2 aromatic rings. The van der Waals surface area contributed by atoms with E-state index in [1.807, 2.05) is 5.32 Å². The summed E-state index contributed by atoms with van der Waals surface area (Å²) in [6.07, 6.45) is -4.66. The van der Waals surface area contributed by atoms with E-state index in [0.717, 1.165) is 7.11 Å². The molecule has 0 radical (unpaired) electrons. The molecule has 0 aliphatic carbocycles. The van der Waals surface area contributed by atoms with Gasteiger partial charge in [-0.1, -0.05) is 36.5 Å². The summed E-state index contributed by atoms with van der Waals surface area (Å²) in [7, 11) is 2.57. The lowest BCUT2D eigenvalue weighted by atomic mass is 9.94. The number of alkyl halides is 3. The Hall–Kier alpha value is -2.72. The Balaban J connectivity index is 2.65. The van der Waals surface area contributed by atoms with E-state index in [-0.39, 0.29) is 26.9 Å². The second kappa shape index (κ2) is 7.89. The Kier molecular flexibility index (Phi) is 6.01. The van der Waals surface area contributed by atoms with Crippen molar-refractivity contribution in [3.05, 3.63) is 41.5 Å². The molecule has 0 aromatic heterocycles. The average Bonchev–Trinajstić information content (AvgIpc) is 2.58. The molecule has 0 saturated heterocycles. The predicted octanol–water partition coefficient (Wildman–Crippen LogP) is 2.37. The van der Waals surface area contributed by atoms with E-state index in [1.165, 1.54) is 37.4 Å². The molecule has 10 heteroatoms. The molecule has 0 fully saturated rings. The number of hydrogen-bond acceptors (Lipinski definition) is 5. The van der Waals surface area contributed by atoms with E-state index in [1.54, 1.807) is 0 Å². The van der Waals surface area contributed by atoms with Gasteiger partial charge in [0.25, 0.3) is 5.91 Å². The molecule has 0 heterocycles. The van der Waals surface area contributed by atoms with Crippen molar-refractivity contribution in [2.24, 2.45) is 5.73 Å². The highest BCUT2D eigenvalue weighted by Gasteiger charge is 2.37. The number of amides is 3. The van der Waals surface area contributed by atoms with E-state index in [9.17, 15) is 22.8 Å². The summed E-state index contributed by atoms with van der Waals surface area (Å²) >= 11 is 5.31. The minimum atomic E-state index is -4.66. The third kappa shape index (κ3) is 4.17. The third-order valence-corrected chi connectivity index (χ3v) is 4.31. The molecule has 144 valence electrons. The van der Waals surface area contributed by atoms with Crippen LogP contribution in [0.1, 0.15) is 11.1 Å². The first-order valence-electron chi connectivity index (χ1n) is 7.60. The maximum atomic E-state index is 13.6. The lowest BCUT2D eigenvalue weighted by Gasteiger charge is -2.20. The summed E-state index contributed by atoms with van der Waals surface area (Å²) in [5.74, 6) is -1.13. The Morgan fingerprint density at radius 1 is 1.19 bits per heavy atom. The molecule has 4 N–H and O–H groups in total. The van der Waals surface area contributed by atoms with Crippen LogP contribution in [0.25, 0.3) is 10.8 Å². The molecule has 27 heavy (non-hydrogen) atoms. The maximum absolute atomic E-state index is 13.6. The van der Waals surface area contributed by atoms with Crippen LogP contribution in [0.3, 0.4) is 0 Å². The predicted molar refractivity (Wildman–Crippen MR) is 97.8 cm³/mol. The average molecular weight is 399 g/mol. The van der Waals surface area contributed by atoms with Crippen molar-refractivity contribution in [1.29, 1.82) is 0 Å². The van der Waals surface area contributed by atoms with Crippen LogP contribution < -0.4 is 21.1 Å². The number of thiocarbonyl (C=S) groups is 1. The number of nitrogens with two attached hydrogens (primary N) is 1. The van der Waals surface area contributed by atoms with Gasteiger partial charge in [-0.25, -0.2) is 4.79 Å². The van der Waals surface area contributed by atoms with Crippen molar-refractivity contribution < 1.29 is 27.5 Å². The van der Waals surface area contributed by atoms with E-state index in [0.29, 0.717) is 0 Å². The fourth-order valence-electron chi connectivity index (χ4n) is 2.75. The highest BCUT2D eigenvalue weighted by Crippen LogP contribution is 2.42. The summed E-state index contributed by atoms with van der Waals surface area (Å²) in [5.41, 5.74) is 4.24. The first kappa shape index (κ1) is 20.6. The molecule has 0 aliphatic heterocycles. The van der Waals surface area contributed by atoms with Gasteiger partial charge in [0.05, 0.1) is 7.11 Å². The number of rotatable bonds is 5. The van der Waals surface area contributed by atoms with Crippen LogP contribution in [0, 0.1) is 0 Å². The normalized spacial score (nSPS) is 12.5. The van der Waals surface area contributed by atoms with Crippen LogP contribution in [-0.4, -0.2) is 37.0 Å². The van der Waals surface area contributed by atoms with E-state index < -0.39 is 29.7 Å². The number of methoxy groups -OCH3 is 1. The Morgan fingerprint density at radius 3 is 2.37 bits per heavy atom. The number of benzene rings is 2.